The van der Waals surface area contributed by atoms with Gasteiger partial charge >= 0.3 is 0 Å². The molecule has 1 aromatic heterocycles. The molecule has 0 bridgehead atoms. The van der Waals surface area contributed by atoms with Crippen molar-refractivity contribution in [1.29, 1.82) is 0 Å². The zero-order valence-electron chi connectivity index (χ0n) is 43.4. The van der Waals surface area contributed by atoms with E-state index in [0.29, 0.717) is 0 Å². The summed E-state index contributed by atoms with van der Waals surface area (Å²) in [5.74, 6) is 0. The Morgan fingerprint density at radius 2 is 0.986 bits per heavy atom. The fraction of sp³-hybridized carbons (Fsp3) is 0.397. The second-order valence-corrected chi connectivity index (χ2v) is 21.5. The van der Waals surface area contributed by atoms with Gasteiger partial charge in [-0.25, -0.2) is 0 Å². The van der Waals surface area contributed by atoms with Crippen LogP contribution in [0.2, 0.25) is 0 Å². The molecule has 1 radical (unpaired) electrons. The third-order valence-electron chi connectivity index (χ3n) is 15.3. The van der Waals surface area contributed by atoms with Crippen LogP contribution in [0.5, 0.6) is 0 Å². The van der Waals surface area contributed by atoms with Crippen LogP contribution in [0, 0.1) is 6.07 Å². The molecule has 7 aromatic rings. The van der Waals surface area contributed by atoms with Gasteiger partial charge in [-0.3, -0.25) is 0 Å². The van der Waals surface area contributed by atoms with Gasteiger partial charge in [-0.2, -0.15) is 0 Å². The molecule has 0 saturated carbocycles. The van der Waals surface area contributed by atoms with Gasteiger partial charge in [-0.05, 0) is 117 Å². The fourth-order valence-corrected chi connectivity index (χ4v) is 11.2. The maximum absolute atomic E-state index is 5.23. The zero-order valence-corrected chi connectivity index (χ0v) is 45.8. The minimum absolute atomic E-state index is 0. The van der Waals surface area contributed by atoms with Gasteiger partial charge in [0.1, 0.15) is 0 Å². The summed E-state index contributed by atoms with van der Waals surface area (Å²) in [5, 5.41) is 0. The first-order valence-corrected chi connectivity index (χ1v) is 27.3. The minimum Gasteiger partial charge on any atom is -0.304 e. The first kappa shape index (κ1) is 52.9. The number of benzene rings is 6. The van der Waals surface area contributed by atoms with Crippen molar-refractivity contribution >= 4 is 0 Å². The summed E-state index contributed by atoms with van der Waals surface area (Å²) in [4.78, 5) is 5.23. The van der Waals surface area contributed by atoms with Crippen molar-refractivity contribution in [2.45, 2.75) is 174 Å². The second-order valence-electron chi connectivity index (χ2n) is 21.5. The molecule has 1 nitrogen and oxygen atoms in total. The molecule has 0 atom stereocenters. The molecule has 0 spiro atoms. The van der Waals surface area contributed by atoms with Gasteiger partial charge in [0.15, 0.2) is 0 Å². The first-order chi connectivity index (χ1) is 33.8. The zero-order chi connectivity index (χ0) is 47.9. The summed E-state index contributed by atoms with van der Waals surface area (Å²) in [6, 6.07) is 58.8. The average Bonchev–Trinajstić information content (AvgIpc) is 3.65. The molecular weight excluding hydrogens is 1020 g/mol. The van der Waals surface area contributed by atoms with Crippen molar-refractivity contribution in [2.24, 2.45) is 0 Å². The molecule has 1 aliphatic rings. The predicted octanol–water partition coefficient (Wildman–Crippen LogP) is 20.0. The van der Waals surface area contributed by atoms with E-state index in [4.69, 9.17) is 4.98 Å². The summed E-state index contributed by atoms with van der Waals surface area (Å²) in [7, 11) is 0. The van der Waals surface area contributed by atoms with Crippen LogP contribution >= 0.6 is 0 Å². The fourth-order valence-electron chi connectivity index (χ4n) is 11.2. The van der Waals surface area contributed by atoms with Crippen molar-refractivity contribution in [2.75, 3.05) is 0 Å². The first-order valence-electron chi connectivity index (χ1n) is 27.3. The molecule has 70 heavy (non-hydrogen) atoms. The normalized spacial score (nSPS) is 12.6. The summed E-state index contributed by atoms with van der Waals surface area (Å²) in [6.45, 7) is 11.6. The molecule has 2 heteroatoms. The van der Waals surface area contributed by atoms with E-state index in [0.717, 1.165) is 23.2 Å². The Hall–Kier alpha value is -4.88. The maximum atomic E-state index is 5.23. The molecule has 0 fully saturated rings. The van der Waals surface area contributed by atoms with Gasteiger partial charge in [-0.1, -0.05) is 257 Å². The van der Waals surface area contributed by atoms with Gasteiger partial charge in [0, 0.05) is 31.7 Å². The molecule has 0 saturated heterocycles. The van der Waals surface area contributed by atoms with Crippen LogP contribution in [0.1, 0.15) is 178 Å². The van der Waals surface area contributed by atoms with Crippen molar-refractivity contribution < 1.29 is 20.1 Å². The SMILES string of the molecule is CCCCCCCCC1(CCCCCCCC)c2ccccc2-c2c[c-]c(-c3ccc(-c4cc(-c5cccc(-c6cccc(CCCCCCc7ccccc7)c6)c5)cc(C(C)(C)C)c4)cn3)cc21.[Ir]. The van der Waals surface area contributed by atoms with E-state index in [9.17, 15) is 0 Å². The van der Waals surface area contributed by atoms with Crippen LogP contribution in [-0.4, -0.2) is 4.98 Å². The molecule has 0 amide bonds. The second kappa shape index (κ2) is 26.0. The Morgan fingerprint density at radius 1 is 0.443 bits per heavy atom. The van der Waals surface area contributed by atoms with Crippen LogP contribution in [-0.2, 0) is 43.8 Å². The van der Waals surface area contributed by atoms with Crippen molar-refractivity contribution in [3.8, 4) is 55.8 Å². The van der Waals surface area contributed by atoms with E-state index in [1.54, 1.807) is 5.56 Å². The van der Waals surface area contributed by atoms with Crippen LogP contribution < -0.4 is 0 Å². The van der Waals surface area contributed by atoms with Gasteiger partial charge < -0.3 is 4.98 Å². The number of rotatable bonds is 25. The van der Waals surface area contributed by atoms with E-state index < -0.39 is 0 Å². The number of aromatic nitrogens is 1. The topological polar surface area (TPSA) is 12.9 Å². The van der Waals surface area contributed by atoms with Crippen LogP contribution in [0.3, 0.4) is 0 Å². The quantitative estimate of drug-likeness (QED) is 0.0411. The van der Waals surface area contributed by atoms with Gasteiger partial charge in [0.25, 0.3) is 0 Å². The summed E-state index contributed by atoms with van der Waals surface area (Å²) >= 11 is 0. The number of nitrogens with zero attached hydrogens (tertiary/aromatic N) is 1. The molecule has 6 aromatic carbocycles. The van der Waals surface area contributed by atoms with Crippen LogP contribution in [0.4, 0.5) is 0 Å². The molecule has 8 rings (SSSR count). The summed E-state index contributed by atoms with van der Waals surface area (Å²) in [5.41, 5.74) is 19.6. The number of pyridine rings is 1. The summed E-state index contributed by atoms with van der Waals surface area (Å²) < 4.78 is 0. The predicted molar refractivity (Wildman–Crippen MR) is 298 cm³/mol. The van der Waals surface area contributed by atoms with Crippen molar-refractivity contribution in [1.82, 2.24) is 4.98 Å². The largest absolute Gasteiger partial charge is 0.304 e. The number of hydrogen-bond donors (Lipinski definition) is 0. The third-order valence-corrected chi connectivity index (χ3v) is 15.3. The average molecular weight is 1100 g/mol. The van der Waals surface area contributed by atoms with E-state index in [1.807, 2.05) is 0 Å². The van der Waals surface area contributed by atoms with E-state index in [-0.39, 0.29) is 30.9 Å². The molecule has 0 aliphatic heterocycles. The monoisotopic (exact) mass is 1100 g/mol. The van der Waals surface area contributed by atoms with Crippen LogP contribution in [0.25, 0.3) is 55.8 Å². The number of aryl methyl sites for hydroxylation is 2. The Morgan fingerprint density at radius 3 is 1.64 bits per heavy atom. The molecule has 1 aliphatic carbocycles. The molecule has 0 unspecified atom stereocenters. The van der Waals surface area contributed by atoms with Gasteiger partial charge in [0.2, 0.25) is 0 Å². The Balaban J connectivity index is 0.00000722. The van der Waals surface area contributed by atoms with Gasteiger partial charge in [-0.15, -0.1) is 29.3 Å². The van der Waals surface area contributed by atoms with E-state index in [1.165, 1.54) is 183 Å². The molecule has 367 valence electrons. The third kappa shape index (κ3) is 13.5. The minimum atomic E-state index is -0.0138. The Bertz CT molecular complexity index is 2670. The van der Waals surface area contributed by atoms with Gasteiger partial charge in [0.05, 0.1) is 0 Å². The maximum Gasteiger partial charge on any atom is 0.0239 e. The summed E-state index contributed by atoms with van der Waals surface area (Å²) in [6.07, 6.45) is 27.8. The molecular formula is C68H80IrN-. The van der Waals surface area contributed by atoms with E-state index in [2.05, 4.69) is 192 Å². The number of hydrogen-bond acceptors (Lipinski definition) is 1. The smallest absolute Gasteiger partial charge is 0.0239 e. The molecule has 1 heterocycles. The molecule has 0 N–H and O–H groups in total. The van der Waals surface area contributed by atoms with E-state index >= 15 is 0 Å². The van der Waals surface area contributed by atoms with Crippen molar-refractivity contribution in [3.63, 3.8) is 0 Å². The number of fused-ring (bicyclic) bond motifs is 3. The Kier molecular flexibility index (Phi) is 19.7. The Labute approximate surface area is 437 Å². The van der Waals surface area contributed by atoms with Crippen molar-refractivity contribution in [3.05, 3.63) is 186 Å². The van der Waals surface area contributed by atoms with Crippen LogP contribution in [0.15, 0.2) is 152 Å². The number of unbranched alkanes of at least 4 members (excludes halogenated alkanes) is 13. The standard InChI is InChI=1S/C68H80N.Ir/c1-6-8-10-12-16-25-43-68(44-26-17-13-11-9-7-2)64-38-24-23-37-62(64)63-41-39-57(50-65(63)68)66-42-40-58(51-69-66)60-47-59(48-61(49-60)67(3,4)5)56-36-28-35-55(46-56)54-34-27-33-53(45-54)32-20-15-14-19-29-52-30-21-18-22-31-52;/h18,21-24,27-28,30-31,33-38,40-42,45-51H,6-17,19-20,25-26,29,32,43-44H2,1-5H3;/q-1;.